The van der Waals surface area contributed by atoms with Crippen LogP contribution in [0.5, 0.6) is 0 Å². The molecule has 0 aromatic carbocycles. The Morgan fingerprint density at radius 2 is 2.25 bits per heavy atom. The molecule has 2 aliphatic carbocycles. The first-order valence-electron chi connectivity index (χ1n) is 6.43. The molecule has 1 heterocycles. The first kappa shape index (κ1) is 10.6. The second kappa shape index (κ2) is 3.73. The highest BCUT2D eigenvalue weighted by molar-refractivity contribution is 7.71. The Balaban J connectivity index is 1.88. The fourth-order valence-corrected chi connectivity index (χ4v) is 4.42. The Morgan fingerprint density at radius 1 is 1.44 bits per heavy atom. The van der Waals surface area contributed by atoms with Gasteiger partial charge < -0.3 is 9.55 Å². The molecule has 2 aliphatic rings. The van der Waals surface area contributed by atoms with Crippen LogP contribution in [0.1, 0.15) is 44.3 Å². The van der Waals surface area contributed by atoms with E-state index in [9.17, 15) is 0 Å². The van der Waals surface area contributed by atoms with Crippen LogP contribution < -0.4 is 0 Å². The van der Waals surface area contributed by atoms with Crippen molar-refractivity contribution >= 4 is 12.2 Å². The van der Waals surface area contributed by atoms with Crippen LogP contribution in [0.15, 0.2) is 6.20 Å². The van der Waals surface area contributed by atoms with Crippen LogP contribution in [0.25, 0.3) is 0 Å². The third-order valence-corrected chi connectivity index (χ3v) is 5.14. The summed E-state index contributed by atoms with van der Waals surface area (Å²) in [6, 6.07) is 0.578. The van der Waals surface area contributed by atoms with Gasteiger partial charge in [0.2, 0.25) is 0 Å². The number of nitrogens with one attached hydrogen (secondary N) is 1. The van der Waals surface area contributed by atoms with Gasteiger partial charge in [0, 0.05) is 17.9 Å². The molecule has 16 heavy (non-hydrogen) atoms. The van der Waals surface area contributed by atoms with Gasteiger partial charge in [-0.05, 0) is 63.1 Å². The summed E-state index contributed by atoms with van der Waals surface area (Å²) in [6.07, 6.45) is 7.87. The van der Waals surface area contributed by atoms with Gasteiger partial charge in [-0.2, -0.15) is 0 Å². The molecule has 0 amide bonds. The summed E-state index contributed by atoms with van der Waals surface area (Å²) in [5.41, 5.74) is 1.28. The van der Waals surface area contributed by atoms with Crippen LogP contribution in [0.3, 0.4) is 0 Å². The fraction of sp³-hybridized carbons (Fsp3) is 0.769. The van der Waals surface area contributed by atoms with Gasteiger partial charge in [-0.1, -0.05) is 6.42 Å². The zero-order chi connectivity index (χ0) is 11.3. The summed E-state index contributed by atoms with van der Waals surface area (Å²) in [6.45, 7) is 4.50. The number of imidazole rings is 1. The maximum absolute atomic E-state index is 5.38. The van der Waals surface area contributed by atoms with Crippen molar-refractivity contribution in [3.05, 3.63) is 16.7 Å². The Hall–Kier alpha value is -0.570. The monoisotopic (exact) mass is 236 g/mol. The van der Waals surface area contributed by atoms with Gasteiger partial charge in [-0.25, -0.2) is 0 Å². The average molecular weight is 236 g/mol. The molecule has 1 aromatic heterocycles. The second-order valence-electron chi connectivity index (χ2n) is 5.68. The molecule has 0 radical (unpaired) electrons. The minimum absolute atomic E-state index is 0.578. The third kappa shape index (κ3) is 1.48. The summed E-state index contributed by atoms with van der Waals surface area (Å²) < 4.78 is 3.22. The molecule has 4 unspecified atom stereocenters. The Labute approximate surface area is 102 Å². The topological polar surface area (TPSA) is 20.7 Å². The quantitative estimate of drug-likeness (QED) is 0.773. The first-order chi connectivity index (χ1) is 7.66. The highest BCUT2D eigenvalue weighted by atomic mass is 32.1. The van der Waals surface area contributed by atoms with Crippen LogP contribution >= 0.6 is 12.2 Å². The van der Waals surface area contributed by atoms with Gasteiger partial charge >= 0.3 is 0 Å². The molecule has 4 atom stereocenters. The number of H-pyrrole nitrogens is 1. The van der Waals surface area contributed by atoms with Gasteiger partial charge in [0.15, 0.2) is 4.77 Å². The van der Waals surface area contributed by atoms with Crippen LogP contribution in [-0.2, 0) is 0 Å². The molecule has 2 bridgehead atoms. The smallest absolute Gasteiger partial charge is 0.177 e. The molecule has 1 N–H and O–H groups in total. The van der Waals surface area contributed by atoms with Crippen molar-refractivity contribution in [2.45, 2.75) is 45.6 Å². The van der Waals surface area contributed by atoms with Crippen molar-refractivity contribution in [3.8, 4) is 0 Å². The maximum atomic E-state index is 5.38. The lowest BCUT2D eigenvalue weighted by molar-refractivity contribution is 0.239. The zero-order valence-electron chi connectivity index (χ0n) is 10.1. The molecule has 3 rings (SSSR count). The summed E-state index contributed by atoms with van der Waals surface area (Å²) in [7, 11) is 0. The molecule has 1 aromatic rings. The van der Waals surface area contributed by atoms with E-state index in [2.05, 4.69) is 23.4 Å². The van der Waals surface area contributed by atoms with Gasteiger partial charge in [0.1, 0.15) is 0 Å². The molecular weight excluding hydrogens is 216 g/mol. The Kier molecular flexibility index (Phi) is 2.46. The number of rotatable bonds is 2. The van der Waals surface area contributed by atoms with E-state index in [1.54, 1.807) is 0 Å². The van der Waals surface area contributed by atoms with Crippen LogP contribution in [-0.4, -0.2) is 9.55 Å². The second-order valence-corrected chi connectivity index (χ2v) is 6.07. The Morgan fingerprint density at radius 3 is 2.75 bits per heavy atom. The van der Waals surface area contributed by atoms with E-state index in [0.29, 0.717) is 6.04 Å². The van der Waals surface area contributed by atoms with Crippen molar-refractivity contribution in [2.24, 2.45) is 17.8 Å². The van der Waals surface area contributed by atoms with Crippen molar-refractivity contribution in [3.63, 3.8) is 0 Å². The van der Waals surface area contributed by atoms with E-state index in [4.69, 9.17) is 12.2 Å². The zero-order valence-corrected chi connectivity index (χ0v) is 10.9. The number of aromatic nitrogens is 2. The highest BCUT2D eigenvalue weighted by Gasteiger charge is 2.42. The lowest BCUT2D eigenvalue weighted by Crippen LogP contribution is -2.22. The number of nitrogens with zero attached hydrogens (tertiary/aromatic N) is 1. The molecule has 88 valence electrons. The third-order valence-electron chi connectivity index (χ3n) is 4.82. The average Bonchev–Trinajstić information content (AvgIpc) is 2.93. The van der Waals surface area contributed by atoms with Crippen molar-refractivity contribution in [1.29, 1.82) is 0 Å². The van der Waals surface area contributed by atoms with E-state index >= 15 is 0 Å². The van der Waals surface area contributed by atoms with Gasteiger partial charge in [-0.15, -0.1) is 0 Å². The lowest BCUT2D eigenvalue weighted by Gasteiger charge is -2.29. The van der Waals surface area contributed by atoms with Crippen LogP contribution in [0, 0.1) is 29.4 Å². The largest absolute Gasteiger partial charge is 0.337 e. The van der Waals surface area contributed by atoms with Crippen molar-refractivity contribution in [1.82, 2.24) is 9.55 Å². The van der Waals surface area contributed by atoms with Gasteiger partial charge in [0.25, 0.3) is 0 Å². The number of fused-ring (bicyclic) bond motifs is 2. The van der Waals surface area contributed by atoms with Crippen LogP contribution in [0.2, 0.25) is 0 Å². The molecule has 2 nitrogen and oxygen atoms in total. The highest BCUT2D eigenvalue weighted by Crippen LogP contribution is 2.52. The normalized spacial score (nSPS) is 34.5. The summed E-state index contributed by atoms with van der Waals surface area (Å²) in [5.74, 6) is 2.85. The van der Waals surface area contributed by atoms with Crippen molar-refractivity contribution < 1.29 is 0 Å². The fourth-order valence-electron chi connectivity index (χ4n) is 4.05. The predicted octanol–water partition coefficient (Wildman–Crippen LogP) is 3.85. The van der Waals surface area contributed by atoms with Crippen LogP contribution in [0.4, 0.5) is 0 Å². The SMILES string of the molecule is Cc1c[nH]c(=S)n1C(C)C1CC2CCC1C2. The Bertz CT molecular complexity index is 445. The number of aryl methyl sites for hydroxylation is 1. The predicted molar refractivity (Wildman–Crippen MR) is 68.0 cm³/mol. The number of aromatic amines is 1. The molecule has 2 fully saturated rings. The van der Waals surface area contributed by atoms with Crippen molar-refractivity contribution in [2.75, 3.05) is 0 Å². The first-order valence-corrected chi connectivity index (χ1v) is 6.84. The van der Waals surface area contributed by atoms with E-state index in [0.717, 1.165) is 22.5 Å². The molecule has 0 aliphatic heterocycles. The number of hydrogen-bond acceptors (Lipinski definition) is 1. The lowest BCUT2D eigenvalue weighted by atomic mass is 9.84. The molecule has 0 spiro atoms. The van der Waals surface area contributed by atoms with E-state index < -0.39 is 0 Å². The van der Waals surface area contributed by atoms with E-state index in [1.165, 1.54) is 31.4 Å². The molecule has 2 saturated carbocycles. The number of hydrogen-bond donors (Lipinski definition) is 1. The summed E-state index contributed by atoms with van der Waals surface area (Å²) >= 11 is 5.38. The standard InChI is InChI=1S/C13H20N2S/c1-8-7-14-13(16)15(8)9(2)12-6-10-3-4-11(12)5-10/h7,9-12H,3-6H2,1-2H3,(H,14,16). The van der Waals surface area contributed by atoms with Gasteiger partial charge in [-0.3, -0.25) is 0 Å². The molecule has 3 heteroatoms. The van der Waals surface area contributed by atoms with Gasteiger partial charge in [0.05, 0.1) is 0 Å². The van der Waals surface area contributed by atoms with E-state index in [1.807, 2.05) is 6.20 Å². The summed E-state index contributed by atoms with van der Waals surface area (Å²) in [4.78, 5) is 3.16. The summed E-state index contributed by atoms with van der Waals surface area (Å²) in [5, 5.41) is 0. The minimum atomic E-state index is 0.578. The molecule has 0 saturated heterocycles. The van der Waals surface area contributed by atoms with E-state index in [-0.39, 0.29) is 0 Å². The molecular formula is C13H20N2S. The minimum Gasteiger partial charge on any atom is -0.337 e. The maximum Gasteiger partial charge on any atom is 0.177 e.